The van der Waals surface area contributed by atoms with Gasteiger partial charge in [-0.05, 0) is 25.1 Å². The van der Waals surface area contributed by atoms with Gasteiger partial charge in [0.1, 0.15) is 0 Å². The van der Waals surface area contributed by atoms with Gasteiger partial charge in [-0.15, -0.1) is 0 Å². The number of carbonyl (C=O) groups is 1. The highest BCUT2D eigenvalue weighted by atomic mass is 16.1. The molecule has 0 aliphatic heterocycles. The molecule has 0 radical (unpaired) electrons. The van der Waals surface area contributed by atoms with Crippen LogP contribution in [0.3, 0.4) is 0 Å². The van der Waals surface area contributed by atoms with E-state index in [9.17, 15) is 4.79 Å². The van der Waals surface area contributed by atoms with Gasteiger partial charge >= 0.3 is 0 Å². The maximum Gasteiger partial charge on any atom is 0.163 e. The summed E-state index contributed by atoms with van der Waals surface area (Å²) in [7, 11) is 1.92. The average molecular weight is 213 g/mol. The van der Waals surface area contributed by atoms with Gasteiger partial charge in [0.15, 0.2) is 5.78 Å². The highest BCUT2D eigenvalue weighted by Gasteiger charge is 2.20. The molecule has 1 aliphatic rings. The largest absolute Gasteiger partial charge is 0.319 e. The van der Waals surface area contributed by atoms with Crippen LogP contribution < -0.4 is 5.32 Å². The van der Waals surface area contributed by atoms with E-state index >= 15 is 0 Å². The van der Waals surface area contributed by atoms with Crippen molar-refractivity contribution in [1.82, 2.24) is 5.32 Å². The van der Waals surface area contributed by atoms with Gasteiger partial charge in [-0.25, -0.2) is 0 Å². The zero-order chi connectivity index (χ0) is 11.4. The number of hydrogen-bond donors (Lipinski definition) is 1. The standard InChI is InChI=1S/C14H15NO/c1-15-10-3-2-5-11-6-4-7-13-12(11)8-9-14(13)16/h4,6-7,15H,3,8-10H2,1H3. The second-order valence-corrected chi connectivity index (χ2v) is 3.91. The topological polar surface area (TPSA) is 29.1 Å². The first kappa shape index (κ1) is 10.9. The monoisotopic (exact) mass is 213 g/mol. The number of ketones is 1. The summed E-state index contributed by atoms with van der Waals surface area (Å²) in [5.41, 5.74) is 3.05. The molecule has 1 aliphatic carbocycles. The maximum atomic E-state index is 11.5. The van der Waals surface area contributed by atoms with Crippen LogP contribution in [0.5, 0.6) is 0 Å². The summed E-state index contributed by atoms with van der Waals surface area (Å²) in [6.07, 6.45) is 2.34. The molecule has 0 spiro atoms. The zero-order valence-electron chi connectivity index (χ0n) is 9.47. The van der Waals surface area contributed by atoms with Gasteiger partial charge in [-0.2, -0.15) is 0 Å². The van der Waals surface area contributed by atoms with Crippen molar-refractivity contribution < 1.29 is 4.79 Å². The fraction of sp³-hybridized carbons (Fsp3) is 0.357. The number of hydrogen-bond acceptors (Lipinski definition) is 2. The van der Waals surface area contributed by atoms with Gasteiger partial charge in [0.2, 0.25) is 0 Å². The summed E-state index contributed by atoms with van der Waals surface area (Å²) in [5.74, 6) is 6.54. The highest BCUT2D eigenvalue weighted by molar-refractivity contribution is 6.01. The molecule has 0 amide bonds. The summed E-state index contributed by atoms with van der Waals surface area (Å²) in [6.45, 7) is 0.904. The Morgan fingerprint density at radius 2 is 2.25 bits per heavy atom. The Hall–Kier alpha value is -1.59. The molecule has 0 unspecified atom stereocenters. The maximum absolute atomic E-state index is 11.5. The van der Waals surface area contributed by atoms with Crippen molar-refractivity contribution in [2.45, 2.75) is 19.3 Å². The van der Waals surface area contributed by atoms with E-state index in [1.165, 1.54) is 0 Å². The van der Waals surface area contributed by atoms with Gasteiger partial charge in [-0.3, -0.25) is 4.79 Å². The van der Waals surface area contributed by atoms with Crippen LogP contribution in [0.2, 0.25) is 0 Å². The third-order valence-corrected chi connectivity index (χ3v) is 2.80. The molecule has 0 saturated carbocycles. The predicted octanol–water partition coefficient (Wildman–Crippen LogP) is 1.78. The van der Waals surface area contributed by atoms with Gasteiger partial charge in [0.05, 0.1) is 0 Å². The molecular weight excluding hydrogens is 198 g/mol. The lowest BCUT2D eigenvalue weighted by Gasteiger charge is -1.99. The quantitative estimate of drug-likeness (QED) is 0.599. The number of fused-ring (bicyclic) bond motifs is 1. The van der Waals surface area contributed by atoms with Crippen molar-refractivity contribution in [3.8, 4) is 11.8 Å². The summed E-state index contributed by atoms with van der Waals surface area (Å²) in [6, 6.07) is 5.83. The number of benzene rings is 1. The SMILES string of the molecule is CNCCC#Cc1cccc2c1CCC2=O. The molecule has 2 heteroatoms. The molecule has 82 valence electrons. The molecule has 0 atom stereocenters. The van der Waals surface area contributed by atoms with Crippen LogP contribution in [-0.2, 0) is 6.42 Å². The molecule has 0 saturated heterocycles. The number of nitrogens with one attached hydrogen (secondary N) is 1. The van der Waals surface area contributed by atoms with E-state index in [1.54, 1.807) is 0 Å². The van der Waals surface area contributed by atoms with Gasteiger partial charge < -0.3 is 5.32 Å². The lowest BCUT2D eigenvalue weighted by Crippen LogP contribution is -2.05. The van der Waals surface area contributed by atoms with Crippen LogP contribution in [0, 0.1) is 11.8 Å². The summed E-state index contributed by atoms with van der Waals surface area (Å²) in [4.78, 5) is 11.5. The summed E-state index contributed by atoms with van der Waals surface area (Å²) in [5, 5.41) is 3.06. The van der Waals surface area contributed by atoms with E-state index in [2.05, 4.69) is 17.2 Å². The molecule has 16 heavy (non-hydrogen) atoms. The van der Waals surface area contributed by atoms with Crippen LogP contribution in [-0.4, -0.2) is 19.4 Å². The van der Waals surface area contributed by atoms with Crippen LogP contribution >= 0.6 is 0 Å². The van der Waals surface area contributed by atoms with E-state index in [0.29, 0.717) is 6.42 Å². The van der Waals surface area contributed by atoms with E-state index < -0.39 is 0 Å². The lowest BCUT2D eigenvalue weighted by atomic mass is 10.0. The Balaban J connectivity index is 2.22. The second kappa shape index (κ2) is 4.96. The average Bonchev–Trinajstić information content (AvgIpc) is 2.68. The van der Waals surface area contributed by atoms with Crippen molar-refractivity contribution in [2.24, 2.45) is 0 Å². The third kappa shape index (κ3) is 2.15. The van der Waals surface area contributed by atoms with Gasteiger partial charge in [0, 0.05) is 30.5 Å². The van der Waals surface area contributed by atoms with Crippen LogP contribution in [0.25, 0.3) is 0 Å². The van der Waals surface area contributed by atoms with Crippen LogP contribution in [0.1, 0.15) is 34.3 Å². The molecule has 0 heterocycles. The Morgan fingerprint density at radius 3 is 3.06 bits per heavy atom. The number of Topliss-reactive ketones (excluding diaryl/α,β-unsaturated/α-hetero) is 1. The minimum atomic E-state index is 0.258. The first-order chi connectivity index (χ1) is 7.83. The van der Waals surface area contributed by atoms with Crippen LogP contribution in [0.15, 0.2) is 18.2 Å². The predicted molar refractivity (Wildman–Crippen MR) is 64.5 cm³/mol. The second-order valence-electron chi connectivity index (χ2n) is 3.91. The summed E-state index contributed by atoms with van der Waals surface area (Å²) >= 11 is 0. The van der Waals surface area contributed by atoms with Crippen molar-refractivity contribution in [3.05, 3.63) is 34.9 Å². The van der Waals surface area contributed by atoms with Crippen molar-refractivity contribution in [3.63, 3.8) is 0 Å². The van der Waals surface area contributed by atoms with Crippen molar-refractivity contribution >= 4 is 5.78 Å². The smallest absolute Gasteiger partial charge is 0.163 e. The molecule has 2 rings (SSSR count). The number of carbonyl (C=O) groups excluding carboxylic acids is 1. The van der Waals surface area contributed by atoms with Gasteiger partial charge in [-0.1, -0.05) is 24.0 Å². The fourth-order valence-electron chi connectivity index (χ4n) is 1.95. The van der Waals surface area contributed by atoms with E-state index in [-0.39, 0.29) is 5.78 Å². The first-order valence-electron chi connectivity index (χ1n) is 5.61. The van der Waals surface area contributed by atoms with Crippen LogP contribution in [0.4, 0.5) is 0 Å². The van der Waals surface area contributed by atoms with E-state index in [4.69, 9.17) is 0 Å². The molecule has 0 aromatic heterocycles. The molecule has 1 aromatic carbocycles. The molecule has 1 N–H and O–H groups in total. The Morgan fingerprint density at radius 1 is 1.38 bits per heavy atom. The van der Waals surface area contributed by atoms with Crippen molar-refractivity contribution in [1.29, 1.82) is 0 Å². The minimum absolute atomic E-state index is 0.258. The Kier molecular flexibility index (Phi) is 3.38. The van der Waals surface area contributed by atoms with Gasteiger partial charge in [0.25, 0.3) is 0 Å². The highest BCUT2D eigenvalue weighted by Crippen LogP contribution is 2.24. The van der Waals surface area contributed by atoms with E-state index in [0.717, 1.165) is 36.1 Å². The zero-order valence-corrected chi connectivity index (χ0v) is 9.47. The molecule has 0 bridgehead atoms. The lowest BCUT2D eigenvalue weighted by molar-refractivity contribution is 0.0994. The molecular formula is C14H15NO. The minimum Gasteiger partial charge on any atom is -0.319 e. The normalized spacial score (nSPS) is 13.2. The Labute approximate surface area is 96.1 Å². The molecule has 1 aromatic rings. The fourth-order valence-corrected chi connectivity index (χ4v) is 1.95. The molecule has 0 fully saturated rings. The summed E-state index contributed by atoms with van der Waals surface area (Å²) < 4.78 is 0. The Bertz CT molecular complexity index is 465. The van der Waals surface area contributed by atoms with E-state index in [1.807, 2.05) is 25.2 Å². The van der Waals surface area contributed by atoms with Crippen molar-refractivity contribution in [2.75, 3.05) is 13.6 Å². The molecule has 2 nitrogen and oxygen atoms in total. The number of rotatable bonds is 2. The first-order valence-corrected chi connectivity index (χ1v) is 5.61. The third-order valence-electron chi connectivity index (χ3n) is 2.80.